The van der Waals surface area contributed by atoms with Crippen LogP contribution in [0.15, 0.2) is 103 Å². The molecule has 35 heavy (non-hydrogen) atoms. The predicted octanol–water partition coefficient (Wildman–Crippen LogP) is 5.78. The second kappa shape index (κ2) is 11.3. The third-order valence-electron chi connectivity index (χ3n) is 5.16. The van der Waals surface area contributed by atoms with Crippen LogP contribution in [0.4, 0.5) is 11.4 Å². The summed E-state index contributed by atoms with van der Waals surface area (Å²) in [5.74, 6) is -0.233. The topological polar surface area (TPSA) is 96.3 Å². The van der Waals surface area contributed by atoms with Gasteiger partial charge in [0.1, 0.15) is 30.3 Å². The zero-order valence-electron chi connectivity index (χ0n) is 18.6. The van der Waals surface area contributed by atoms with Gasteiger partial charge in [0.2, 0.25) is 0 Å². The van der Waals surface area contributed by atoms with Crippen LogP contribution in [0.1, 0.15) is 10.4 Å². The molecule has 0 spiro atoms. The minimum absolute atomic E-state index is 0.0887. The molecule has 8 heteroatoms. The Labute approximate surface area is 205 Å². The van der Waals surface area contributed by atoms with E-state index in [1.807, 2.05) is 42.5 Å². The maximum Gasteiger partial charge on any atom is 0.339 e. The average Bonchev–Trinajstić information content (AvgIpc) is 2.88. The summed E-state index contributed by atoms with van der Waals surface area (Å²) in [4.78, 5) is 11.2. The fourth-order valence-corrected chi connectivity index (χ4v) is 4.11. The fraction of sp³-hybridized carbons (Fsp3) is 0.0741. The predicted molar refractivity (Wildman–Crippen MR) is 136 cm³/mol. The first kappa shape index (κ1) is 24.0. The van der Waals surface area contributed by atoms with Crippen molar-refractivity contribution in [3.63, 3.8) is 0 Å². The van der Waals surface area contributed by atoms with Crippen molar-refractivity contribution in [3.05, 3.63) is 109 Å². The van der Waals surface area contributed by atoms with E-state index in [0.29, 0.717) is 17.1 Å². The van der Waals surface area contributed by atoms with Gasteiger partial charge in [-0.1, -0.05) is 54.6 Å². The molecule has 4 aromatic rings. The number of hydrogen-bond donors (Lipinski definition) is 2. The SMILES string of the molecule is O=C(O)c1ccccc1OCCOc1ccc(N(c2ccc(-c3ccccc3)cc2)S(=O)O)cc1. The van der Waals surface area contributed by atoms with E-state index >= 15 is 0 Å². The molecule has 0 bridgehead atoms. The van der Waals surface area contributed by atoms with Crippen molar-refractivity contribution in [2.24, 2.45) is 0 Å². The monoisotopic (exact) mass is 489 g/mol. The lowest BCUT2D eigenvalue weighted by molar-refractivity contribution is 0.0691. The van der Waals surface area contributed by atoms with E-state index in [4.69, 9.17) is 9.47 Å². The van der Waals surface area contributed by atoms with Crippen LogP contribution in [0.25, 0.3) is 11.1 Å². The van der Waals surface area contributed by atoms with Crippen LogP contribution in [-0.2, 0) is 11.3 Å². The number of carboxylic acids is 1. The number of benzene rings is 4. The van der Waals surface area contributed by atoms with Crippen molar-refractivity contribution in [2.45, 2.75) is 0 Å². The molecule has 1 atom stereocenters. The van der Waals surface area contributed by atoms with Crippen molar-refractivity contribution >= 4 is 28.6 Å². The highest BCUT2D eigenvalue weighted by atomic mass is 32.2. The number of nitrogens with zero attached hydrogens (tertiary/aromatic N) is 1. The third-order valence-corrected chi connectivity index (χ3v) is 5.90. The van der Waals surface area contributed by atoms with Gasteiger partial charge in [0.05, 0.1) is 11.4 Å². The molecular weight excluding hydrogens is 466 g/mol. The summed E-state index contributed by atoms with van der Waals surface area (Å²) in [5.41, 5.74) is 3.26. The molecule has 0 radical (unpaired) electrons. The van der Waals surface area contributed by atoms with Gasteiger partial charge in [-0.2, -0.15) is 0 Å². The number of carboxylic acid groups (broad SMARTS) is 1. The standard InChI is InChI=1S/C27H23NO6S/c29-27(30)25-8-4-5-9-26(25)34-19-18-33-24-16-14-23(15-17-24)28(35(31)32)22-12-10-21(11-13-22)20-6-2-1-3-7-20/h1-17H,18-19H2,(H,29,30)(H,31,32). The zero-order chi connectivity index (χ0) is 24.6. The highest BCUT2D eigenvalue weighted by Gasteiger charge is 2.15. The molecule has 0 aliphatic rings. The number of hydrogen-bond acceptors (Lipinski definition) is 4. The third kappa shape index (κ3) is 6.06. The van der Waals surface area contributed by atoms with E-state index in [1.165, 1.54) is 10.4 Å². The quantitative estimate of drug-likeness (QED) is 0.216. The smallest absolute Gasteiger partial charge is 0.339 e. The highest BCUT2D eigenvalue weighted by Crippen LogP contribution is 2.30. The molecule has 0 aromatic heterocycles. The van der Waals surface area contributed by atoms with Crippen LogP contribution >= 0.6 is 0 Å². The molecule has 0 aliphatic carbocycles. The van der Waals surface area contributed by atoms with Crippen molar-refractivity contribution in [2.75, 3.05) is 17.5 Å². The molecule has 0 saturated heterocycles. The van der Waals surface area contributed by atoms with E-state index in [9.17, 15) is 18.7 Å². The van der Waals surface area contributed by atoms with Crippen LogP contribution in [0, 0.1) is 0 Å². The van der Waals surface area contributed by atoms with E-state index in [-0.39, 0.29) is 24.5 Å². The molecule has 4 aromatic carbocycles. The minimum Gasteiger partial charge on any atom is -0.490 e. The lowest BCUT2D eigenvalue weighted by Gasteiger charge is -2.20. The van der Waals surface area contributed by atoms with Crippen molar-refractivity contribution in [3.8, 4) is 22.6 Å². The number of ether oxygens (including phenoxy) is 2. The lowest BCUT2D eigenvalue weighted by Crippen LogP contribution is -2.19. The molecule has 0 fully saturated rings. The molecule has 4 rings (SSSR count). The van der Waals surface area contributed by atoms with E-state index < -0.39 is 17.2 Å². The van der Waals surface area contributed by atoms with Gasteiger partial charge in [0.15, 0.2) is 0 Å². The summed E-state index contributed by atoms with van der Waals surface area (Å²) in [5, 5.41) is 9.20. The molecular formula is C27H23NO6S. The Morgan fingerprint density at radius 2 is 1.26 bits per heavy atom. The summed E-state index contributed by atoms with van der Waals surface area (Å²) in [6, 6.07) is 30.5. The van der Waals surface area contributed by atoms with Gasteiger partial charge in [0.25, 0.3) is 11.3 Å². The first-order chi connectivity index (χ1) is 17.0. The normalized spacial score (nSPS) is 11.5. The lowest BCUT2D eigenvalue weighted by atomic mass is 10.1. The van der Waals surface area contributed by atoms with Crippen LogP contribution in [-0.4, -0.2) is 33.1 Å². The van der Waals surface area contributed by atoms with Gasteiger partial charge >= 0.3 is 5.97 Å². The highest BCUT2D eigenvalue weighted by molar-refractivity contribution is 7.81. The maximum absolute atomic E-state index is 12.1. The maximum atomic E-state index is 12.1. The summed E-state index contributed by atoms with van der Waals surface area (Å²) in [6.07, 6.45) is 0. The van der Waals surface area contributed by atoms with E-state index in [2.05, 4.69) is 0 Å². The number of carbonyl (C=O) groups is 1. The Kier molecular flexibility index (Phi) is 7.77. The van der Waals surface area contributed by atoms with E-state index in [1.54, 1.807) is 54.6 Å². The summed E-state index contributed by atoms with van der Waals surface area (Å²) in [7, 11) is 0. The fourth-order valence-electron chi connectivity index (χ4n) is 3.51. The van der Waals surface area contributed by atoms with Crippen LogP contribution in [0.2, 0.25) is 0 Å². The number of para-hydroxylation sites is 1. The summed E-state index contributed by atoms with van der Waals surface area (Å²) in [6.45, 7) is 0.358. The van der Waals surface area contributed by atoms with Crippen LogP contribution < -0.4 is 13.8 Å². The van der Waals surface area contributed by atoms with Crippen molar-refractivity contribution < 1.29 is 28.1 Å². The zero-order valence-corrected chi connectivity index (χ0v) is 19.4. The Morgan fingerprint density at radius 3 is 1.89 bits per heavy atom. The molecule has 7 nitrogen and oxygen atoms in total. The minimum atomic E-state index is -2.27. The second-order valence-electron chi connectivity index (χ2n) is 7.43. The van der Waals surface area contributed by atoms with Gasteiger partial charge in [-0.15, -0.1) is 0 Å². The Bertz CT molecular complexity index is 1290. The van der Waals surface area contributed by atoms with Gasteiger partial charge in [0, 0.05) is 0 Å². The van der Waals surface area contributed by atoms with Crippen LogP contribution in [0.3, 0.4) is 0 Å². The first-order valence-corrected chi connectivity index (χ1v) is 11.8. The molecule has 0 saturated carbocycles. The first-order valence-electron chi connectivity index (χ1n) is 10.8. The van der Waals surface area contributed by atoms with Gasteiger partial charge in [-0.05, 0) is 59.7 Å². The molecule has 0 heterocycles. The number of rotatable bonds is 10. The Morgan fingerprint density at radius 1 is 0.714 bits per heavy atom. The molecule has 178 valence electrons. The molecule has 0 amide bonds. The summed E-state index contributed by atoms with van der Waals surface area (Å²) < 4.78 is 34.5. The molecule has 1 unspecified atom stereocenters. The largest absolute Gasteiger partial charge is 0.490 e. The average molecular weight is 490 g/mol. The Balaban J connectivity index is 1.38. The second-order valence-corrected chi connectivity index (χ2v) is 8.26. The molecule has 0 aliphatic heterocycles. The van der Waals surface area contributed by atoms with Crippen LogP contribution in [0.5, 0.6) is 11.5 Å². The van der Waals surface area contributed by atoms with Gasteiger partial charge < -0.3 is 14.6 Å². The number of anilines is 2. The van der Waals surface area contributed by atoms with Crippen molar-refractivity contribution in [1.82, 2.24) is 0 Å². The summed E-state index contributed by atoms with van der Waals surface area (Å²) >= 11 is -2.27. The number of aromatic carboxylic acids is 1. The van der Waals surface area contributed by atoms with E-state index in [0.717, 1.165) is 11.1 Å². The molecule has 2 N–H and O–H groups in total. The Hall–Kier alpha value is -4.14. The van der Waals surface area contributed by atoms with Gasteiger partial charge in [-0.3, -0.25) is 4.55 Å². The van der Waals surface area contributed by atoms with Gasteiger partial charge in [-0.25, -0.2) is 13.3 Å². The van der Waals surface area contributed by atoms with Crippen molar-refractivity contribution in [1.29, 1.82) is 0 Å².